The topological polar surface area (TPSA) is 153 Å². The normalized spacial score (nSPS) is 12.9. The van der Waals surface area contributed by atoms with Gasteiger partial charge in [0, 0.05) is 12.1 Å². The van der Waals surface area contributed by atoms with Crippen LogP contribution in [0, 0.1) is 0 Å². The van der Waals surface area contributed by atoms with Crippen LogP contribution < -0.4 is 10.0 Å². The molecule has 10 heteroatoms. The van der Waals surface area contributed by atoms with E-state index in [0.29, 0.717) is 24.9 Å². The summed E-state index contributed by atoms with van der Waals surface area (Å²) in [6.07, 6.45) is 12.5. The van der Waals surface area contributed by atoms with E-state index in [4.69, 9.17) is 0 Å². The lowest BCUT2D eigenvalue weighted by atomic mass is 9.99. The molecule has 0 fully saturated rings. The molecule has 240 valence electrons. The molecule has 43 heavy (non-hydrogen) atoms. The first-order valence-electron chi connectivity index (χ1n) is 15.7. The number of aromatic carboxylic acids is 1. The number of benzene rings is 2. The average Bonchev–Trinajstić information content (AvgIpc) is 2.97. The van der Waals surface area contributed by atoms with Gasteiger partial charge in [0.15, 0.2) is 0 Å². The minimum atomic E-state index is -3.91. The zero-order valence-electron chi connectivity index (χ0n) is 25.5. The second kappa shape index (κ2) is 20.1. The lowest BCUT2D eigenvalue weighted by Gasteiger charge is -2.17. The molecule has 0 saturated carbocycles. The molecule has 9 nitrogen and oxygen atoms in total. The fraction of sp³-hybridized carbons (Fsp3) is 0.576. The Morgan fingerprint density at radius 1 is 0.767 bits per heavy atom. The third-order valence-corrected chi connectivity index (χ3v) is 8.73. The van der Waals surface area contributed by atoms with Crippen molar-refractivity contribution in [3.8, 4) is 0 Å². The Morgan fingerprint density at radius 2 is 1.33 bits per heavy atom. The number of aliphatic hydroxyl groups excluding tert-OH is 2. The van der Waals surface area contributed by atoms with E-state index >= 15 is 0 Å². The van der Waals surface area contributed by atoms with E-state index in [1.54, 1.807) is 30.3 Å². The van der Waals surface area contributed by atoms with Crippen molar-refractivity contribution in [1.82, 2.24) is 5.32 Å². The van der Waals surface area contributed by atoms with Gasteiger partial charge in [-0.25, -0.2) is 13.2 Å². The standard InChI is InChI=1S/C33H50N2O7S/c1-2-3-4-5-8-14-19-30(36)31(37)20-15-9-6-7-10-16-23-34-32(38)27-21-22-28(33(39)40)29(24-27)35-43(41,42)25-26-17-12-11-13-18-26/h11-13,17-18,21-22,24,30-31,35-37H,2-10,14-16,19-20,23,25H2,1H3,(H,34,38)(H,39,40). The number of hydrogen-bond donors (Lipinski definition) is 5. The third-order valence-electron chi connectivity index (χ3n) is 7.49. The molecule has 1 amide bonds. The molecule has 2 aromatic rings. The number of amides is 1. The maximum absolute atomic E-state index is 12.7. The van der Waals surface area contributed by atoms with Gasteiger partial charge in [0.05, 0.1) is 29.2 Å². The number of unbranched alkanes of at least 4 members (excludes halogenated alkanes) is 10. The second-order valence-corrected chi connectivity index (χ2v) is 13.0. The van der Waals surface area contributed by atoms with Gasteiger partial charge < -0.3 is 20.6 Å². The number of aliphatic hydroxyl groups is 2. The number of anilines is 1. The van der Waals surface area contributed by atoms with Gasteiger partial charge in [-0.3, -0.25) is 9.52 Å². The molecule has 0 aliphatic carbocycles. The summed E-state index contributed by atoms with van der Waals surface area (Å²) in [6, 6.07) is 12.4. The number of carboxylic acid groups (broad SMARTS) is 1. The van der Waals surface area contributed by atoms with Crippen LogP contribution in [0.1, 0.15) is 123 Å². The number of hydrogen-bond acceptors (Lipinski definition) is 6. The number of carboxylic acids is 1. The van der Waals surface area contributed by atoms with Gasteiger partial charge in [-0.15, -0.1) is 0 Å². The minimum absolute atomic E-state index is 0.156. The van der Waals surface area contributed by atoms with Gasteiger partial charge in [-0.2, -0.15) is 0 Å². The fourth-order valence-corrected chi connectivity index (χ4v) is 6.17. The first kappa shape index (κ1) is 36.2. The second-order valence-electron chi connectivity index (χ2n) is 11.3. The predicted molar refractivity (Wildman–Crippen MR) is 171 cm³/mol. The molecule has 0 spiro atoms. The van der Waals surface area contributed by atoms with Gasteiger partial charge in [-0.05, 0) is 43.0 Å². The molecule has 0 radical (unpaired) electrons. The Labute approximate surface area is 257 Å². The SMILES string of the molecule is CCCCCCCCC(O)C(O)CCCCCCCCNC(=O)c1ccc(C(=O)O)c(NS(=O)(=O)Cc2ccccc2)c1. The fourth-order valence-electron chi connectivity index (χ4n) is 4.96. The molecule has 2 unspecified atom stereocenters. The molecule has 5 N–H and O–H groups in total. The van der Waals surface area contributed by atoms with Crippen molar-refractivity contribution in [3.05, 3.63) is 65.2 Å². The first-order chi connectivity index (χ1) is 20.6. The Bertz CT molecular complexity index is 1200. The highest BCUT2D eigenvalue weighted by molar-refractivity contribution is 7.91. The third kappa shape index (κ3) is 14.9. The molecule has 2 aromatic carbocycles. The Kier molecular flexibility index (Phi) is 16.9. The largest absolute Gasteiger partial charge is 0.478 e. The van der Waals surface area contributed by atoms with Crippen LogP contribution in [0.3, 0.4) is 0 Å². The van der Waals surface area contributed by atoms with Crippen molar-refractivity contribution in [2.45, 2.75) is 115 Å². The van der Waals surface area contributed by atoms with Crippen molar-refractivity contribution in [2.24, 2.45) is 0 Å². The van der Waals surface area contributed by atoms with E-state index in [1.165, 1.54) is 43.9 Å². The highest BCUT2D eigenvalue weighted by atomic mass is 32.2. The Hall–Kier alpha value is -2.95. The first-order valence-corrected chi connectivity index (χ1v) is 17.3. The van der Waals surface area contributed by atoms with Crippen LogP contribution in [0.4, 0.5) is 5.69 Å². The zero-order chi connectivity index (χ0) is 31.5. The van der Waals surface area contributed by atoms with Gasteiger partial charge in [0.2, 0.25) is 10.0 Å². The highest BCUT2D eigenvalue weighted by Crippen LogP contribution is 2.21. The van der Waals surface area contributed by atoms with Crippen LogP contribution in [0.15, 0.2) is 48.5 Å². The number of sulfonamides is 1. The quantitative estimate of drug-likeness (QED) is 0.0922. The smallest absolute Gasteiger partial charge is 0.337 e. The van der Waals surface area contributed by atoms with Gasteiger partial charge in [0.1, 0.15) is 0 Å². The maximum atomic E-state index is 12.7. The molecular formula is C33H50N2O7S. The van der Waals surface area contributed by atoms with Crippen molar-refractivity contribution < 1.29 is 33.3 Å². The van der Waals surface area contributed by atoms with Crippen LogP contribution in [0.5, 0.6) is 0 Å². The zero-order valence-corrected chi connectivity index (χ0v) is 26.3. The molecule has 0 aliphatic rings. The van der Waals surface area contributed by atoms with Crippen molar-refractivity contribution in [2.75, 3.05) is 11.3 Å². The monoisotopic (exact) mass is 618 g/mol. The van der Waals surface area contributed by atoms with E-state index in [9.17, 15) is 33.3 Å². The predicted octanol–water partition coefficient (Wildman–Crippen LogP) is 6.26. The maximum Gasteiger partial charge on any atom is 0.337 e. The molecule has 2 atom stereocenters. The number of nitrogens with one attached hydrogen (secondary N) is 2. The summed E-state index contributed by atoms with van der Waals surface area (Å²) in [5.41, 5.74) is 0.319. The van der Waals surface area contributed by atoms with Crippen LogP contribution in [-0.4, -0.2) is 54.4 Å². The summed E-state index contributed by atoms with van der Waals surface area (Å²) in [5.74, 6) is -2.04. The number of carbonyl (C=O) groups excluding carboxylic acids is 1. The average molecular weight is 619 g/mol. The van der Waals surface area contributed by atoms with Crippen LogP contribution >= 0.6 is 0 Å². The molecule has 2 rings (SSSR count). The van der Waals surface area contributed by atoms with Crippen LogP contribution in [0.2, 0.25) is 0 Å². The lowest BCUT2D eigenvalue weighted by molar-refractivity contribution is 0.00712. The highest BCUT2D eigenvalue weighted by Gasteiger charge is 2.19. The van der Waals surface area contributed by atoms with E-state index in [-0.39, 0.29) is 22.6 Å². The minimum Gasteiger partial charge on any atom is -0.478 e. The van der Waals surface area contributed by atoms with Crippen molar-refractivity contribution in [3.63, 3.8) is 0 Å². The summed E-state index contributed by atoms with van der Waals surface area (Å²) in [7, 11) is -3.91. The molecule has 0 bridgehead atoms. The Morgan fingerprint density at radius 3 is 1.91 bits per heavy atom. The van der Waals surface area contributed by atoms with Gasteiger partial charge in [-0.1, -0.05) is 108 Å². The molecular weight excluding hydrogens is 568 g/mol. The number of rotatable bonds is 23. The summed E-state index contributed by atoms with van der Waals surface area (Å²) >= 11 is 0. The van der Waals surface area contributed by atoms with E-state index < -0.39 is 34.1 Å². The summed E-state index contributed by atoms with van der Waals surface area (Å²) < 4.78 is 27.7. The van der Waals surface area contributed by atoms with Gasteiger partial charge >= 0.3 is 5.97 Å². The van der Waals surface area contributed by atoms with E-state index in [1.807, 2.05) is 0 Å². The number of carbonyl (C=O) groups is 2. The summed E-state index contributed by atoms with van der Waals surface area (Å²) in [5, 5.41) is 32.7. The molecule has 0 saturated heterocycles. The van der Waals surface area contributed by atoms with Crippen LogP contribution in [0.25, 0.3) is 0 Å². The summed E-state index contributed by atoms with van der Waals surface area (Å²) in [6.45, 7) is 2.63. The Balaban J connectivity index is 1.66. The van der Waals surface area contributed by atoms with Crippen LogP contribution in [-0.2, 0) is 15.8 Å². The van der Waals surface area contributed by atoms with Gasteiger partial charge in [0.25, 0.3) is 5.91 Å². The van der Waals surface area contributed by atoms with E-state index in [2.05, 4.69) is 17.0 Å². The van der Waals surface area contributed by atoms with Crippen molar-refractivity contribution in [1.29, 1.82) is 0 Å². The lowest BCUT2D eigenvalue weighted by Crippen LogP contribution is -2.25. The van der Waals surface area contributed by atoms with E-state index in [0.717, 1.165) is 51.4 Å². The molecule has 0 heterocycles. The van der Waals surface area contributed by atoms with Crippen molar-refractivity contribution >= 4 is 27.6 Å². The summed E-state index contributed by atoms with van der Waals surface area (Å²) in [4.78, 5) is 24.3. The molecule has 0 aliphatic heterocycles. The molecule has 0 aromatic heterocycles.